The van der Waals surface area contributed by atoms with Gasteiger partial charge in [-0.15, -0.1) is 0 Å². The van der Waals surface area contributed by atoms with Gasteiger partial charge in [0.2, 0.25) is 0 Å². The number of carbonyl (C=O) groups excluding carboxylic acids is 1. The molecule has 1 fully saturated rings. The molecule has 24 heavy (non-hydrogen) atoms. The van der Waals surface area contributed by atoms with E-state index in [-0.39, 0.29) is 18.7 Å². The highest BCUT2D eigenvalue weighted by Crippen LogP contribution is 2.23. The molecule has 0 atom stereocenters. The summed E-state index contributed by atoms with van der Waals surface area (Å²) in [5.74, 6) is 0. The van der Waals surface area contributed by atoms with Crippen LogP contribution in [0, 0.1) is 0 Å². The van der Waals surface area contributed by atoms with Crippen molar-refractivity contribution in [3.8, 4) is 0 Å². The number of hydrogen-bond donors (Lipinski definition) is 3. The van der Waals surface area contributed by atoms with E-state index in [2.05, 4.69) is 22.8 Å². The zero-order chi connectivity index (χ0) is 17.6. The van der Waals surface area contributed by atoms with Gasteiger partial charge in [-0.25, -0.2) is 4.79 Å². The lowest BCUT2D eigenvalue weighted by Crippen LogP contribution is -2.42. The quantitative estimate of drug-likeness (QED) is 0.771. The molecule has 0 saturated heterocycles. The molecule has 0 aliphatic heterocycles. The molecule has 3 N–H and O–H groups in total. The van der Waals surface area contributed by atoms with Gasteiger partial charge in [-0.3, -0.25) is 0 Å². The maximum Gasteiger partial charge on any atom is 0.407 e. The maximum absolute atomic E-state index is 11.8. The van der Waals surface area contributed by atoms with Gasteiger partial charge in [0, 0.05) is 24.4 Å². The lowest BCUT2D eigenvalue weighted by Gasteiger charge is -2.31. The van der Waals surface area contributed by atoms with Gasteiger partial charge in [0.15, 0.2) is 0 Å². The third kappa shape index (κ3) is 6.40. The highest BCUT2D eigenvalue weighted by Gasteiger charge is 2.24. The highest BCUT2D eigenvalue weighted by molar-refractivity contribution is 5.68. The van der Waals surface area contributed by atoms with Gasteiger partial charge < -0.3 is 20.5 Å². The highest BCUT2D eigenvalue weighted by atomic mass is 16.6. The predicted octanol–water partition coefficient (Wildman–Crippen LogP) is 3.47. The van der Waals surface area contributed by atoms with Crippen LogP contribution in [0.4, 0.5) is 10.5 Å². The Morgan fingerprint density at radius 3 is 2.25 bits per heavy atom. The molecule has 1 aromatic rings. The van der Waals surface area contributed by atoms with Crippen molar-refractivity contribution in [3.05, 3.63) is 29.8 Å². The summed E-state index contributed by atoms with van der Waals surface area (Å²) in [5, 5.41) is 15.5. The Balaban J connectivity index is 1.73. The van der Waals surface area contributed by atoms with Crippen molar-refractivity contribution in [2.24, 2.45) is 0 Å². The van der Waals surface area contributed by atoms with Crippen LogP contribution in [0.25, 0.3) is 0 Å². The Labute approximate surface area is 144 Å². The first-order valence-electron chi connectivity index (χ1n) is 8.81. The number of nitrogens with one attached hydrogen (secondary N) is 2. The molecular weight excluding hydrogens is 304 g/mol. The van der Waals surface area contributed by atoms with Crippen LogP contribution in [0.1, 0.15) is 52.0 Å². The van der Waals surface area contributed by atoms with Crippen LogP contribution >= 0.6 is 0 Å². The minimum atomic E-state index is -0.453. The number of aliphatic hydroxyl groups is 1. The van der Waals surface area contributed by atoms with Crippen LogP contribution in [-0.2, 0) is 11.2 Å². The number of ether oxygens (including phenoxy) is 1. The second-order valence-corrected chi connectivity index (χ2v) is 7.51. The van der Waals surface area contributed by atoms with E-state index in [4.69, 9.17) is 9.84 Å². The molecule has 0 bridgehead atoms. The van der Waals surface area contributed by atoms with E-state index in [1.807, 2.05) is 32.9 Å². The van der Waals surface area contributed by atoms with Gasteiger partial charge in [0.25, 0.3) is 0 Å². The van der Waals surface area contributed by atoms with Crippen molar-refractivity contribution in [1.29, 1.82) is 0 Å². The minimum absolute atomic E-state index is 0.182. The summed E-state index contributed by atoms with van der Waals surface area (Å²) in [5.41, 5.74) is 1.80. The van der Waals surface area contributed by atoms with Gasteiger partial charge in [-0.1, -0.05) is 12.1 Å². The number of hydrogen-bond acceptors (Lipinski definition) is 4. The van der Waals surface area contributed by atoms with E-state index in [1.165, 1.54) is 0 Å². The lowest BCUT2D eigenvalue weighted by molar-refractivity contribution is 0.0492. The second kappa shape index (κ2) is 8.38. The standard InChI is InChI=1S/C19H30N2O3/c1-19(2,3)24-18(23)21-17-10-8-16(9-11-17)20-15-6-4-14(5-7-15)12-13-22/h4-7,16-17,20,22H,8-13H2,1-3H3,(H,21,23). The summed E-state index contributed by atoms with van der Waals surface area (Å²) in [6, 6.07) is 8.87. The molecule has 5 nitrogen and oxygen atoms in total. The summed E-state index contributed by atoms with van der Waals surface area (Å²) in [4.78, 5) is 11.8. The van der Waals surface area contributed by atoms with Crippen molar-refractivity contribution in [3.63, 3.8) is 0 Å². The Kier molecular flexibility index (Phi) is 6.49. The van der Waals surface area contributed by atoms with Gasteiger partial charge in [0.1, 0.15) is 5.60 Å². The fraction of sp³-hybridized carbons (Fsp3) is 0.632. The van der Waals surface area contributed by atoms with Crippen LogP contribution in [0.2, 0.25) is 0 Å². The Morgan fingerprint density at radius 1 is 1.12 bits per heavy atom. The first-order chi connectivity index (χ1) is 11.4. The molecule has 1 saturated carbocycles. The van der Waals surface area contributed by atoms with Crippen LogP contribution in [-0.4, -0.2) is 35.5 Å². The summed E-state index contributed by atoms with van der Waals surface area (Å²) < 4.78 is 5.31. The third-order valence-corrected chi connectivity index (χ3v) is 4.17. The topological polar surface area (TPSA) is 70.6 Å². The van der Waals surface area contributed by atoms with Gasteiger partial charge >= 0.3 is 6.09 Å². The molecule has 0 spiro atoms. The lowest BCUT2D eigenvalue weighted by atomic mass is 9.91. The van der Waals surface area contributed by atoms with Gasteiger partial charge in [0.05, 0.1) is 0 Å². The fourth-order valence-electron chi connectivity index (χ4n) is 2.99. The summed E-state index contributed by atoms with van der Waals surface area (Å²) in [6.45, 7) is 5.80. The summed E-state index contributed by atoms with van der Waals surface area (Å²) in [6.07, 6.45) is 4.34. The molecule has 5 heteroatoms. The molecule has 1 aliphatic rings. The Hall–Kier alpha value is -1.75. The van der Waals surface area contributed by atoms with Crippen LogP contribution in [0.15, 0.2) is 24.3 Å². The number of amides is 1. The number of rotatable bonds is 5. The van der Waals surface area contributed by atoms with Crippen LogP contribution in [0.5, 0.6) is 0 Å². The molecule has 134 valence electrons. The Bertz CT molecular complexity index is 514. The van der Waals surface area contributed by atoms with Crippen molar-refractivity contribution in [2.75, 3.05) is 11.9 Å². The van der Waals surface area contributed by atoms with Crippen LogP contribution in [0.3, 0.4) is 0 Å². The number of alkyl carbamates (subject to hydrolysis) is 1. The maximum atomic E-state index is 11.8. The molecule has 0 aromatic heterocycles. The normalized spacial score (nSPS) is 21.2. The average Bonchev–Trinajstić information content (AvgIpc) is 2.49. The van der Waals surface area contributed by atoms with E-state index in [1.54, 1.807) is 0 Å². The van der Waals surface area contributed by atoms with E-state index < -0.39 is 5.60 Å². The zero-order valence-electron chi connectivity index (χ0n) is 15.0. The molecule has 0 unspecified atom stereocenters. The zero-order valence-corrected chi connectivity index (χ0v) is 15.0. The third-order valence-electron chi connectivity index (χ3n) is 4.17. The van der Waals surface area contributed by atoms with Gasteiger partial charge in [-0.2, -0.15) is 0 Å². The molecule has 2 rings (SSSR count). The number of anilines is 1. The first kappa shape index (κ1) is 18.6. The van der Waals surface area contributed by atoms with E-state index in [0.717, 1.165) is 36.9 Å². The van der Waals surface area contributed by atoms with Crippen molar-refractivity contribution in [1.82, 2.24) is 5.32 Å². The van der Waals surface area contributed by atoms with Crippen molar-refractivity contribution >= 4 is 11.8 Å². The smallest absolute Gasteiger partial charge is 0.407 e. The summed E-state index contributed by atoms with van der Waals surface area (Å²) >= 11 is 0. The van der Waals surface area contributed by atoms with Gasteiger partial charge in [-0.05, 0) is 70.6 Å². The van der Waals surface area contributed by atoms with Crippen molar-refractivity contribution in [2.45, 2.75) is 70.6 Å². The fourth-order valence-corrected chi connectivity index (χ4v) is 2.99. The number of benzene rings is 1. The predicted molar refractivity (Wildman–Crippen MR) is 96.3 cm³/mol. The van der Waals surface area contributed by atoms with Crippen molar-refractivity contribution < 1.29 is 14.6 Å². The first-order valence-corrected chi connectivity index (χ1v) is 8.81. The van der Waals surface area contributed by atoms with E-state index >= 15 is 0 Å². The summed E-state index contributed by atoms with van der Waals surface area (Å²) in [7, 11) is 0. The Morgan fingerprint density at radius 2 is 1.71 bits per heavy atom. The SMILES string of the molecule is CC(C)(C)OC(=O)NC1CCC(Nc2ccc(CCO)cc2)CC1. The largest absolute Gasteiger partial charge is 0.444 e. The molecule has 1 aromatic carbocycles. The number of carbonyl (C=O) groups is 1. The molecule has 0 heterocycles. The molecular formula is C19H30N2O3. The van der Waals surface area contributed by atoms with Crippen LogP contribution < -0.4 is 10.6 Å². The van der Waals surface area contributed by atoms with E-state index in [0.29, 0.717) is 12.5 Å². The monoisotopic (exact) mass is 334 g/mol. The molecule has 1 amide bonds. The van der Waals surface area contributed by atoms with E-state index in [9.17, 15) is 4.79 Å². The number of aliphatic hydroxyl groups excluding tert-OH is 1. The molecule has 1 aliphatic carbocycles. The average molecular weight is 334 g/mol. The minimum Gasteiger partial charge on any atom is -0.444 e. The second-order valence-electron chi connectivity index (χ2n) is 7.51. The molecule has 0 radical (unpaired) electrons.